The molecule has 134 valence electrons. The summed E-state index contributed by atoms with van der Waals surface area (Å²) in [5.41, 5.74) is 3.71. The Kier molecular flexibility index (Phi) is 6.00. The highest BCUT2D eigenvalue weighted by Crippen LogP contribution is 2.19. The first-order chi connectivity index (χ1) is 12.7. The van der Waals surface area contributed by atoms with Gasteiger partial charge in [0.05, 0.1) is 5.69 Å². The number of hydrogen-bond acceptors (Lipinski definition) is 2. The summed E-state index contributed by atoms with van der Waals surface area (Å²) < 4.78 is 0. The van der Waals surface area contributed by atoms with Gasteiger partial charge in [-0.1, -0.05) is 48.5 Å². The lowest BCUT2D eigenvalue weighted by atomic mass is 10.0. The van der Waals surface area contributed by atoms with Crippen molar-refractivity contribution >= 4 is 16.7 Å². The molecule has 3 rings (SSSR count). The third-order valence-corrected chi connectivity index (χ3v) is 4.87. The normalized spacial score (nSPS) is 10.8. The van der Waals surface area contributed by atoms with Crippen LogP contribution in [0.4, 0.5) is 0 Å². The van der Waals surface area contributed by atoms with Crippen molar-refractivity contribution in [3.8, 4) is 0 Å². The van der Waals surface area contributed by atoms with E-state index in [1.165, 1.54) is 21.9 Å². The molecule has 3 heteroatoms. The number of carbonyl (C=O) groups is 1. The number of benzene rings is 2. The molecule has 26 heavy (non-hydrogen) atoms. The van der Waals surface area contributed by atoms with Crippen LogP contribution in [0.1, 0.15) is 37.1 Å². The van der Waals surface area contributed by atoms with E-state index in [-0.39, 0.29) is 5.91 Å². The fourth-order valence-corrected chi connectivity index (χ4v) is 3.35. The molecule has 3 nitrogen and oxygen atoms in total. The highest BCUT2D eigenvalue weighted by molar-refractivity contribution is 5.84. The van der Waals surface area contributed by atoms with Crippen molar-refractivity contribution in [1.29, 1.82) is 0 Å². The third-order valence-electron chi connectivity index (χ3n) is 4.87. The molecule has 0 spiro atoms. The number of amides is 1. The maximum Gasteiger partial charge on any atom is 0.219 e. The van der Waals surface area contributed by atoms with E-state index in [4.69, 9.17) is 0 Å². The Hall–Kier alpha value is -2.68. The van der Waals surface area contributed by atoms with Crippen LogP contribution in [-0.2, 0) is 17.6 Å². The number of aromatic nitrogens is 1. The van der Waals surface area contributed by atoms with Crippen LogP contribution in [0, 0.1) is 0 Å². The lowest BCUT2D eigenvalue weighted by molar-refractivity contribution is -0.128. The molecule has 3 aromatic rings. The Morgan fingerprint density at radius 2 is 1.73 bits per heavy atom. The number of fused-ring (bicyclic) bond motifs is 1. The van der Waals surface area contributed by atoms with Crippen molar-refractivity contribution < 1.29 is 4.79 Å². The second-order valence-electron chi connectivity index (χ2n) is 6.67. The maximum absolute atomic E-state index is 11.4. The van der Waals surface area contributed by atoms with Crippen molar-refractivity contribution in [2.45, 2.75) is 33.1 Å². The zero-order valence-corrected chi connectivity index (χ0v) is 15.6. The molecular formula is C23H26N2O. The summed E-state index contributed by atoms with van der Waals surface area (Å²) in [7, 11) is 0. The molecule has 0 bridgehead atoms. The molecule has 1 aromatic heterocycles. The van der Waals surface area contributed by atoms with Crippen LogP contribution in [0.15, 0.2) is 60.8 Å². The molecule has 0 atom stereocenters. The summed E-state index contributed by atoms with van der Waals surface area (Å²) in [6.07, 6.45) is 4.73. The second kappa shape index (κ2) is 8.61. The van der Waals surface area contributed by atoms with Crippen LogP contribution in [0.3, 0.4) is 0 Å². The van der Waals surface area contributed by atoms with Gasteiger partial charge in [0.25, 0.3) is 0 Å². The van der Waals surface area contributed by atoms with Gasteiger partial charge in [0.2, 0.25) is 5.91 Å². The number of rotatable bonds is 7. The fraction of sp³-hybridized carbons (Fsp3) is 0.304. The van der Waals surface area contributed by atoms with Crippen molar-refractivity contribution in [1.82, 2.24) is 9.88 Å². The molecular weight excluding hydrogens is 320 g/mol. The van der Waals surface area contributed by atoms with Crippen LogP contribution < -0.4 is 0 Å². The second-order valence-corrected chi connectivity index (χ2v) is 6.67. The van der Waals surface area contributed by atoms with Gasteiger partial charge in [-0.3, -0.25) is 9.78 Å². The number of aryl methyl sites for hydroxylation is 1. The standard InChI is InChI=1S/C23H26N2O/c1-3-25(18(2)26)16-6-7-19-10-12-20(13-11-19)17-23-22-9-5-4-8-21(22)14-15-24-23/h4-5,8-15H,3,6-7,16-17H2,1-2H3. The van der Waals surface area contributed by atoms with E-state index in [9.17, 15) is 4.79 Å². The van der Waals surface area contributed by atoms with Crippen LogP contribution in [-0.4, -0.2) is 28.9 Å². The average Bonchev–Trinajstić information content (AvgIpc) is 2.66. The van der Waals surface area contributed by atoms with E-state index in [2.05, 4.69) is 59.6 Å². The molecule has 0 N–H and O–H groups in total. The highest BCUT2D eigenvalue weighted by Gasteiger charge is 2.06. The SMILES string of the molecule is CCN(CCCc1ccc(Cc2nccc3ccccc23)cc1)C(C)=O. The Balaban J connectivity index is 1.62. The Bertz CT molecular complexity index is 866. The lowest BCUT2D eigenvalue weighted by Gasteiger charge is -2.18. The minimum Gasteiger partial charge on any atom is -0.343 e. The van der Waals surface area contributed by atoms with Gasteiger partial charge in [-0.2, -0.15) is 0 Å². The van der Waals surface area contributed by atoms with Crippen molar-refractivity contribution in [2.75, 3.05) is 13.1 Å². The lowest BCUT2D eigenvalue weighted by Crippen LogP contribution is -2.29. The predicted molar refractivity (Wildman–Crippen MR) is 107 cm³/mol. The minimum atomic E-state index is 0.158. The summed E-state index contributed by atoms with van der Waals surface area (Å²) in [6.45, 7) is 5.27. The number of nitrogens with zero attached hydrogens (tertiary/aromatic N) is 2. The van der Waals surface area contributed by atoms with Crippen molar-refractivity contribution in [3.63, 3.8) is 0 Å². The topological polar surface area (TPSA) is 33.2 Å². The summed E-state index contributed by atoms with van der Waals surface area (Å²) in [4.78, 5) is 17.9. The maximum atomic E-state index is 11.4. The van der Waals surface area contributed by atoms with Gasteiger partial charge >= 0.3 is 0 Å². The molecule has 2 aromatic carbocycles. The van der Waals surface area contributed by atoms with Crippen molar-refractivity contribution in [2.24, 2.45) is 0 Å². The van der Waals surface area contributed by atoms with E-state index >= 15 is 0 Å². The molecule has 0 saturated carbocycles. The Labute approximate surface area is 155 Å². The van der Waals surface area contributed by atoms with Crippen LogP contribution in [0.5, 0.6) is 0 Å². The smallest absolute Gasteiger partial charge is 0.219 e. The predicted octanol–water partition coefficient (Wildman–Crippen LogP) is 4.63. The van der Waals surface area contributed by atoms with E-state index in [1.54, 1.807) is 6.92 Å². The van der Waals surface area contributed by atoms with Gasteiger partial charge in [-0.15, -0.1) is 0 Å². The quantitative estimate of drug-likeness (QED) is 0.625. The first-order valence-corrected chi connectivity index (χ1v) is 9.33. The molecule has 1 amide bonds. The summed E-state index contributed by atoms with van der Waals surface area (Å²) in [6, 6.07) is 19.2. The molecule has 0 radical (unpaired) electrons. The molecule has 0 aliphatic carbocycles. The van der Waals surface area contributed by atoms with Crippen LogP contribution >= 0.6 is 0 Å². The van der Waals surface area contributed by atoms with Crippen LogP contribution in [0.2, 0.25) is 0 Å². The van der Waals surface area contributed by atoms with Crippen molar-refractivity contribution in [3.05, 3.63) is 77.6 Å². The molecule has 1 heterocycles. The average molecular weight is 346 g/mol. The summed E-state index contributed by atoms with van der Waals surface area (Å²) in [5, 5.41) is 2.46. The number of pyridine rings is 1. The molecule has 0 aliphatic heterocycles. The summed E-state index contributed by atoms with van der Waals surface area (Å²) >= 11 is 0. The zero-order valence-electron chi connectivity index (χ0n) is 15.6. The Morgan fingerprint density at radius 3 is 2.46 bits per heavy atom. The molecule has 0 unspecified atom stereocenters. The first-order valence-electron chi connectivity index (χ1n) is 9.33. The number of hydrogen-bond donors (Lipinski definition) is 0. The van der Waals surface area contributed by atoms with Gasteiger partial charge in [0, 0.05) is 38.0 Å². The van der Waals surface area contributed by atoms with E-state index in [0.717, 1.165) is 38.0 Å². The van der Waals surface area contributed by atoms with Crippen LogP contribution in [0.25, 0.3) is 10.8 Å². The van der Waals surface area contributed by atoms with Gasteiger partial charge in [0.15, 0.2) is 0 Å². The molecule has 0 aliphatic rings. The van der Waals surface area contributed by atoms with E-state index < -0.39 is 0 Å². The van der Waals surface area contributed by atoms with Gasteiger partial charge < -0.3 is 4.90 Å². The molecule has 0 saturated heterocycles. The fourth-order valence-electron chi connectivity index (χ4n) is 3.35. The number of carbonyl (C=O) groups excluding carboxylic acids is 1. The largest absolute Gasteiger partial charge is 0.343 e. The zero-order chi connectivity index (χ0) is 18.4. The monoisotopic (exact) mass is 346 g/mol. The minimum absolute atomic E-state index is 0.158. The summed E-state index contributed by atoms with van der Waals surface area (Å²) in [5.74, 6) is 0.158. The third kappa shape index (κ3) is 4.48. The van der Waals surface area contributed by atoms with E-state index in [0.29, 0.717) is 0 Å². The van der Waals surface area contributed by atoms with Gasteiger partial charge in [0.1, 0.15) is 0 Å². The highest BCUT2D eigenvalue weighted by atomic mass is 16.2. The first kappa shape index (κ1) is 18.1. The Morgan fingerprint density at radius 1 is 1.00 bits per heavy atom. The van der Waals surface area contributed by atoms with Gasteiger partial charge in [-0.05, 0) is 42.3 Å². The molecule has 0 fully saturated rings. The van der Waals surface area contributed by atoms with Gasteiger partial charge in [-0.25, -0.2) is 0 Å². The van der Waals surface area contributed by atoms with E-state index in [1.807, 2.05) is 18.0 Å².